The van der Waals surface area contributed by atoms with E-state index in [-0.39, 0.29) is 23.1 Å². The summed E-state index contributed by atoms with van der Waals surface area (Å²) in [5, 5.41) is 4.23. The van der Waals surface area contributed by atoms with Crippen LogP contribution in [0.4, 0.5) is 0 Å². The van der Waals surface area contributed by atoms with Gasteiger partial charge < -0.3 is 10.2 Å². The summed E-state index contributed by atoms with van der Waals surface area (Å²) in [5.41, 5.74) is 1.17. The number of carbonyl (C=O) groups excluding carboxylic acids is 2. The van der Waals surface area contributed by atoms with Crippen LogP contribution in [0.3, 0.4) is 0 Å². The van der Waals surface area contributed by atoms with E-state index in [2.05, 4.69) is 10.3 Å². The molecule has 28 heavy (non-hydrogen) atoms. The molecular weight excluding hydrogens is 396 g/mol. The maximum absolute atomic E-state index is 12.8. The molecule has 4 rings (SSSR count). The topological polar surface area (TPSA) is 84.3 Å². The zero-order valence-corrected chi connectivity index (χ0v) is 17.6. The molecule has 2 aromatic rings. The first kappa shape index (κ1) is 19.4. The van der Waals surface area contributed by atoms with Gasteiger partial charge in [-0.1, -0.05) is 11.8 Å². The van der Waals surface area contributed by atoms with Crippen LogP contribution >= 0.6 is 23.1 Å². The summed E-state index contributed by atoms with van der Waals surface area (Å²) >= 11 is 2.91. The highest BCUT2D eigenvalue weighted by Crippen LogP contribution is 2.35. The summed E-state index contributed by atoms with van der Waals surface area (Å²) in [5.74, 6) is 0.351. The van der Waals surface area contributed by atoms with Crippen LogP contribution in [-0.2, 0) is 29.5 Å². The number of fused-ring (bicyclic) bond motifs is 3. The molecule has 0 saturated carbocycles. The zero-order chi connectivity index (χ0) is 19.7. The molecule has 1 aliphatic carbocycles. The Bertz CT molecular complexity index is 982. The quantitative estimate of drug-likeness (QED) is 0.419. The van der Waals surface area contributed by atoms with Crippen molar-refractivity contribution in [2.24, 2.45) is 7.05 Å². The Balaban J connectivity index is 1.31. The van der Waals surface area contributed by atoms with Gasteiger partial charge in [0.15, 0.2) is 5.16 Å². The molecule has 1 aliphatic heterocycles. The fraction of sp³-hybridized carbons (Fsp3) is 0.579. The maximum Gasteiger partial charge on any atom is 0.262 e. The van der Waals surface area contributed by atoms with E-state index in [9.17, 15) is 14.4 Å². The molecule has 0 radical (unpaired) electrons. The van der Waals surface area contributed by atoms with E-state index >= 15 is 0 Å². The van der Waals surface area contributed by atoms with Crippen LogP contribution in [0, 0.1) is 0 Å². The Labute approximate surface area is 171 Å². The third kappa shape index (κ3) is 3.82. The van der Waals surface area contributed by atoms with E-state index in [1.807, 2.05) is 4.90 Å². The SMILES string of the molecule is Cn1c(SCC(=O)NCCCN2CCCC2=O)nc2sc3c(c2c1=O)CCC3. The first-order valence-electron chi connectivity index (χ1n) is 9.73. The van der Waals surface area contributed by atoms with Crippen LogP contribution < -0.4 is 10.9 Å². The molecule has 0 unspecified atom stereocenters. The van der Waals surface area contributed by atoms with E-state index in [0.29, 0.717) is 24.7 Å². The molecule has 9 heteroatoms. The van der Waals surface area contributed by atoms with Gasteiger partial charge in [0, 0.05) is 38.0 Å². The number of hydrogen-bond donors (Lipinski definition) is 1. The van der Waals surface area contributed by atoms with Crippen molar-refractivity contribution in [2.75, 3.05) is 25.4 Å². The van der Waals surface area contributed by atoms with Crippen LogP contribution in [-0.4, -0.2) is 51.7 Å². The number of aryl methyl sites for hydroxylation is 2. The first-order valence-corrected chi connectivity index (χ1v) is 11.5. The minimum absolute atomic E-state index is 0.0115. The lowest BCUT2D eigenvalue weighted by Crippen LogP contribution is -2.31. The Morgan fingerprint density at radius 1 is 1.25 bits per heavy atom. The second kappa shape index (κ2) is 8.24. The average Bonchev–Trinajstić information content (AvgIpc) is 3.36. The number of nitrogens with one attached hydrogen (secondary N) is 1. The number of thiophene rings is 1. The number of carbonyl (C=O) groups is 2. The van der Waals surface area contributed by atoms with Gasteiger partial charge in [-0.05, 0) is 37.7 Å². The fourth-order valence-electron chi connectivity index (χ4n) is 3.85. The number of nitrogens with zero attached hydrogens (tertiary/aromatic N) is 3. The second-order valence-corrected chi connectivity index (χ2v) is 9.30. The highest BCUT2D eigenvalue weighted by atomic mass is 32.2. The zero-order valence-electron chi connectivity index (χ0n) is 16.0. The highest BCUT2D eigenvalue weighted by Gasteiger charge is 2.23. The van der Waals surface area contributed by atoms with Crippen molar-refractivity contribution >= 4 is 45.1 Å². The van der Waals surface area contributed by atoms with Crippen molar-refractivity contribution in [1.29, 1.82) is 0 Å². The predicted molar refractivity (Wildman–Crippen MR) is 111 cm³/mol. The highest BCUT2D eigenvalue weighted by molar-refractivity contribution is 7.99. The van der Waals surface area contributed by atoms with Crippen molar-refractivity contribution in [3.63, 3.8) is 0 Å². The van der Waals surface area contributed by atoms with Crippen LogP contribution in [0.2, 0.25) is 0 Å². The summed E-state index contributed by atoms with van der Waals surface area (Å²) in [7, 11) is 1.72. The van der Waals surface area contributed by atoms with Gasteiger partial charge in [0.05, 0.1) is 11.1 Å². The number of thioether (sulfide) groups is 1. The molecule has 2 aliphatic rings. The Kier molecular flexibility index (Phi) is 5.73. The smallest absolute Gasteiger partial charge is 0.262 e. The maximum atomic E-state index is 12.8. The average molecular weight is 421 g/mol. The normalized spacial score (nSPS) is 16.2. The number of rotatable bonds is 7. The molecule has 0 spiro atoms. The van der Waals surface area contributed by atoms with Gasteiger partial charge in [0.1, 0.15) is 4.83 Å². The molecule has 3 heterocycles. The molecule has 0 aromatic carbocycles. The van der Waals surface area contributed by atoms with E-state index in [0.717, 1.165) is 48.9 Å². The molecule has 0 atom stereocenters. The van der Waals surface area contributed by atoms with E-state index in [4.69, 9.17) is 0 Å². The summed E-state index contributed by atoms with van der Waals surface area (Å²) in [6.07, 6.45) is 5.45. The minimum Gasteiger partial charge on any atom is -0.355 e. The van der Waals surface area contributed by atoms with Gasteiger partial charge in [-0.3, -0.25) is 19.0 Å². The van der Waals surface area contributed by atoms with Crippen LogP contribution in [0.1, 0.15) is 36.1 Å². The van der Waals surface area contributed by atoms with Gasteiger partial charge in [0.25, 0.3) is 5.56 Å². The number of amides is 2. The lowest BCUT2D eigenvalue weighted by atomic mass is 10.2. The van der Waals surface area contributed by atoms with Crippen LogP contribution in [0.5, 0.6) is 0 Å². The van der Waals surface area contributed by atoms with Crippen molar-refractivity contribution in [3.05, 3.63) is 20.8 Å². The van der Waals surface area contributed by atoms with Gasteiger partial charge >= 0.3 is 0 Å². The second-order valence-electron chi connectivity index (χ2n) is 7.27. The molecule has 7 nitrogen and oxygen atoms in total. The van der Waals surface area contributed by atoms with Gasteiger partial charge in [-0.25, -0.2) is 4.98 Å². The van der Waals surface area contributed by atoms with E-state index in [1.54, 1.807) is 23.0 Å². The Morgan fingerprint density at radius 3 is 2.89 bits per heavy atom. The lowest BCUT2D eigenvalue weighted by molar-refractivity contribution is -0.127. The van der Waals surface area contributed by atoms with Crippen molar-refractivity contribution < 1.29 is 9.59 Å². The third-order valence-corrected chi connectivity index (χ3v) is 7.55. The summed E-state index contributed by atoms with van der Waals surface area (Å²) in [4.78, 5) is 45.0. The van der Waals surface area contributed by atoms with Crippen molar-refractivity contribution in [1.82, 2.24) is 19.8 Å². The molecule has 150 valence electrons. The Morgan fingerprint density at radius 2 is 2.11 bits per heavy atom. The number of aromatic nitrogens is 2. The molecule has 0 bridgehead atoms. The molecule has 2 aromatic heterocycles. The Hall–Kier alpha value is -1.87. The van der Waals surface area contributed by atoms with Crippen molar-refractivity contribution in [2.45, 2.75) is 43.7 Å². The van der Waals surface area contributed by atoms with Crippen molar-refractivity contribution in [3.8, 4) is 0 Å². The molecule has 2 amide bonds. The van der Waals surface area contributed by atoms with Gasteiger partial charge in [-0.2, -0.15) is 0 Å². The summed E-state index contributed by atoms with van der Waals surface area (Å²) in [6, 6.07) is 0. The summed E-state index contributed by atoms with van der Waals surface area (Å²) < 4.78 is 1.56. The lowest BCUT2D eigenvalue weighted by Gasteiger charge is -2.15. The predicted octanol–water partition coefficient (Wildman–Crippen LogP) is 1.70. The fourth-order valence-corrected chi connectivity index (χ4v) is 5.96. The standard InChI is InChI=1S/C19H24N4O3S2/c1-22-18(26)16-12-5-2-6-13(12)28-17(16)21-19(22)27-11-14(24)20-8-4-10-23-9-3-7-15(23)25/h2-11H2,1H3,(H,20,24). The molecule has 1 saturated heterocycles. The molecular formula is C19H24N4O3S2. The first-order chi connectivity index (χ1) is 13.5. The monoisotopic (exact) mass is 420 g/mol. The van der Waals surface area contributed by atoms with Gasteiger partial charge in [0.2, 0.25) is 11.8 Å². The number of hydrogen-bond acceptors (Lipinski definition) is 6. The minimum atomic E-state index is -0.0826. The van der Waals surface area contributed by atoms with E-state index in [1.165, 1.54) is 22.2 Å². The third-order valence-electron chi connectivity index (χ3n) is 5.34. The van der Waals surface area contributed by atoms with Gasteiger partial charge in [-0.15, -0.1) is 11.3 Å². The molecule has 1 N–H and O–H groups in total. The summed E-state index contributed by atoms with van der Waals surface area (Å²) in [6.45, 7) is 2.07. The molecule has 1 fully saturated rings. The van der Waals surface area contributed by atoms with E-state index < -0.39 is 0 Å². The van der Waals surface area contributed by atoms with Crippen LogP contribution in [0.15, 0.2) is 9.95 Å². The number of likely N-dealkylation sites (tertiary alicyclic amines) is 1. The largest absolute Gasteiger partial charge is 0.355 e. The van der Waals surface area contributed by atoms with Crippen LogP contribution in [0.25, 0.3) is 10.2 Å².